The van der Waals surface area contributed by atoms with Crippen LogP contribution in [-0.4, -0.2) is 43.9 Å². The fourth-order valence-electron chi connectivity index (χ4n) is 3.41. The van der Waals surface area contributed by atoms with E-state index < -0.39 is 39.6 Å². The van der Waals surface area contributed by atoms with E-state index in [-0.39, 0.29) is 17.9 Å². The molecule has 1 fully saturated rings. The molecule has 0 unspecified atom stereocenters. The minimum atomic E-state index is -3.32. The third kappa shape index (κ3) is 5.44. The molecule has 2 atom stereocenters. The molecule has 1 saturated heterocycles. The Hall–Kier alpha value is -2.87. The van der Waals surface area contributed by atoms with Gasteiger partial charge in [0.2, 0.25) is 0 Å². The van der Waals surface area contributed by atoms with Crippen LogP contribution < -0.4 is 0 Å². The molecule has 1 amide bonds. The molecule has 0 bridgehead atoms. The first-order chi connectivity index (χ1) is 14.5. The summed E-state index contributed by atoms with van der Waals surface area (Å²) in [5, 5.41) is 0. The zero-order chi connectivity index (χ0) is 22.8. The molecule has 1 heterocycles. The smallest absolute Gasteiger partial charge is 0.413 e. The number of sulfone groups is 1. The number of hydrogen-bond acceptors (Lipinski definition) is 6. The van der Waals surface area contributed by atoms with Crippen LogP contribution in [0.5, 0.6) is 0 Å². The minimum Gasteiger partial charge on any atom is -0.444 e. The van der Waals surface area contributed by atoms with Crippen molar-refractivity contribution in [3.8, 4) is 0 Å². The Bertz CT molecular complexity index is 1040. The average Bonchev–Trinajstić information content (AvgIpc) is 3.03. The quantitative estimate of drug-likeness (QED) is 0.654. The van der Waals surface area contributed by atoms with Gasteiger partial charge in [-0.15, -0.1) is 0 Å². The molecule has 8 heteroatoms. The van der Waals surface area contributed by atoms with Crippen LogP contribution in [0.3, 0.4) is 0 Å². The van der Waals surface area contributed by atoms with E-state index in [4.69, 9.17) is 9.47 Å². The van der Waals surface area contributed by atoms with Gasteiger partial charge in [-0.2, -0.15) is 0 Å². The molecule has 166 valence electrons. The number of ether oxygens (including phenoxy) is 2. The highest BCUT2D eigenvalue weighted by molar-refractivity contribution is 7.90. The maximum absolute atomic E-state index is 13.0. The van der Waals surface area contributed by atoms with Gasteiger partial charge < -0.3 is 9.47 Å². The van der Waals surface area contributed by atoms with Crippen molar-refractivity contribution in [3.63, 3.8) is 0 Å². The number of cyclic esters (lactones) is 1. The van der Waals surface area contributed by atoms with Gasteiger partial charge in [-0.3, -0.25) is 4.90 Å². The predicted molar refractivity (Wildman–Crippen MR) is 115 cm³/mol. The third-order valence-corrected chi connectivity index (χ3v) is 6.15. The van der Waals surface area contributed by atoms with Crippen molar-refractivity contribution >= 4 is 21.9 Å². The molecule has 0 aromatic heterocycles. The summed E-state index contributed by atoms with van der Waals surface area (Å²) < 4.78 is 34.4. The number of esters is 1. The zero-order valence-corrected chi connectivity index (χ0v) is 18.9. The normalized spacial score (nSPS) is 19.2. The van der Waals surface area contributed by atoms with E-state index in [0.29, 0.717) is 5.56 Å². The van der Waals surface area contributed by atoms with Gasteiger partial charge >= 0.3 is 12.1 Å². The third-order valence-electron chi connectivity index (χ3n) is 5.03. The number of nitrogens with zero attached hydrogens (tertiary/aromatic N) is 1. The molecule has 0 N–H and O–H groups in total. The zero-order valence-electron chi connectivity index (χ0n) is 18.1. The summed E-state index contributed by atoms with van der Waals surface area (Å²) in [4.78, 5) is 27.2. The van der Waals surface area contributed by atoms with Gasteiger partial charge in [0.05, 0.1) is 4.90 Å². The fraction of sp³-hybridized carbons (Fsp3) is 0.391. The molecule has 1 aliphatic heterocycles. The van der Waals surface area contributed by atoms with Gasteiger partial charge in [0, 0.05) is 18.1 Å². The first-order valence-corrected chi connectivity index (χ1v) is 11.8. The second-order valence-corrected chi connectivity index (χ2v) is 10.8. The molecule has 0 radical (unpaired) electrons. The van der Waals surface area contributed by atoms with E-state index in [1.165, 1.54) is 17.0 Å². The maximum Gasteiger partial charge on any atom is 0.413 e. The van der Waals surface area contributed by atoms with Gasteiger partial charge in [0.1, 0.15) is 12.6 Å². The summed E-state index contributed by atoms with van der Waals surface area (Å²) in [6.45, 7) is 5.72. The van der Waals surface area contributed by atoms with Gasteiger partial charge in [0.25, 0.3) is 0 Å². The standard InChI is InChI=1S/C23H27NO6S/c1-23(2,3)21-24(22(26)29-15-17-8-6-5-7-9-17)19(20(25)30-21)14-16-10-12-18(13-11-16)31(4,27)28/h5-13,19,21H,14-15H2,1-4H3/t19-,21+/m1/s1. The fourth-order valence-corrected chi connectivity index (χ4v) is 4.04. The number of rotatable bonds is 5. The topological polar surface area (TPSA) is 90.0 Å². The highest BCUT2D eigenvalue weighted by atomic mass is 32.2. The average molecular weight is 446 g/mol. The first kappa shape index (κ1) is 22.8. The lowest BCUT2D eigenvalue weighted by molar-refractivity contribution is -0.147. The van der Waals surface area contributed by atoms with Crippen LogP contribution in [0.1, 0.15) is 31.9 Å². The highest BCUT2D eigenvalue weighted by Gasteiger charge is 2.50. The molecule has 0 spiro atoms. The van der Waals surface area contributed by atoms with E-state index in [0.717, 1.165) is 11.8 Å². The molecular formula is C23H27NO6S. The van der Waals surface area contributed by atoms with Crippen LogP contribution in [0.25, 0.3) is 0 Å². The number of carbonyl (C=O) groups is 2. The second-order valence-electron chi connectivity index (χ2n) is 8.74. The summed E-state index contributed by atoms with van der Waals surface area (Å²) >= 11 is 0. The largest absolute Gasteiger partial charge is 0.444 e. The molecule has 0 saturated carbocycles. The lowest BCUT2D eigenvalue weighted by Crippen LogP contribution is -2.48. The molecular weight excluding hydrogens is 418 g/mol. The van der Waals surface area contributed by atoms with Crippen molar-refractivity contribution in [1.29, 1.82) is 0 Å². The second kappa shape index (κ2) is 8.70. The van der Waals surface area contributed by atoms with E-state index in [2.05, 4.69) is 0 Å². The summed E-state index contributed by atoms with van der Waals surface area (Å²) in [7, 11) is -3.32. The van der Waals surface area contributed by atoms with Crippen LogP contribution in [-0.2, 0) is 37.1 Å². The van der Waals surface area contributed by atoms with Crippen molar-refractivity contribution in [2.75, 3.05) is 6.26 Å². The molecule has 2 aromatic carbocycles. The Morgan fingerprint density at radius 1 is 1.03 bits per heavy atom. The molecule has 2 aromatic rings. The Kier molecular flexibility index (Phi) is 6.40. The van der Waals surface area contributed by atoms with Crippen molar-refractivity contribution in [1.82, 2.24) is 4.90 Å². The summed E-state index contributed by atoms with van der Waals surface area (Å²) in [5.41, 5.74) is 1.03. The van der Waals surface area contributed by atoms with Gasteiger partial charge in [-0.25, -0.2) is 18.0 Å². The number of hydrogen-bond donors (Lipinski definition) is 0. The lowest BCUT2D eigenvalue weighted by Gasteiger charge is -2.33. The Morgan fingerprint density at radius 2 is 1.65 bits per heavy atom. The Balaban J connectivity index is 1.82. The predicted octanol–water partition coefficient (Wildman–Crippen LogP) is 3.57. The first-order valence-electron chi connectivity index (χ1n) is 9.95. The van der Waals surface area contributed by atoms with E-state index in [1.54, 1.807) is 12.1 Å². The monoisotopic (exact) mass is 445 g/mol. The van der Waals surface area contributed by atoms with E-state index >= 15 is 0 Å². The SMILES string of the molecule is CC(C)(C)[C@@H]1OC(=O)[C@@H](Cc2ccc(S(C)(=O)=O)cc2)N1C(=O)OCc1ccccc1. The van der Waals surface area contributed by atoms with E-state index in [9.17, 15) is 18.0 Å². The maximum atomic E-state index is 13.0. The summed E-state index contributed by atoms with van der Waals surface area (Å²) in [6, 6.07) is 14.7. The summed E-state index contributed by atoms with van der Waals surface area (Å²) in [5.74, 6) is -0.510. The molecule has 0 aliphatic carbocycles. The Labute approximate surface area is 182 Å². The van der Waals surface area contributed by atoms with E-state index in [1.807, 2.05) is 51.1 Å². The van der Waals surface area contributed by atoms with Crippen LogP contribution in [0.15, 0.2) is 59.5 Å². The lowest BCUT2D eigenvalue weighted by atomic mass is 9.93. The van der Waals surface area contributed by atoms with Gasteiger partial charge in [-0.05, 0) is 23.3 Å². The van der Waals surface area contributed by atoms with Gasteiger partial charge in [-0.1, -0.05) is 63.2 Å². The van der Waals surface area contributed by atoms with Crippen molar-refractivity contribution < 1.29 is 27.5 Å². The van der Waals surface area contributed by atoms with Crippen molar-refractivity contribution in [2.45, 2.75) is 51.0 Å². The Morgan fingerprint density at radius 3 is 2.19 bits per heavy atom. The van der Waals surface area contributed by atoms with Crippen LogP contribution in [0, 0.1) is 5.41 Å². The van der Waals surface area contributed by atoms with Crippen molar-refractivity contribution in [2.24, 2.45) is 5.41 Å². The van der Waals surface area contributed by atoms with Crippen LogP contribution in [0.4, 0.5) is 4.79 Å². The molecule has 31 heavy (non-hydrogen) atoms. The van der Waals surface area contributed by atoms with Gasteiger partial charge in [0.15, 0.2) is 16.1 Å². The number of amides is 1. The molecule has 7 nitrogen and oxygen atoms in total. The minimum absolute atomic E-state index is 0.0804. The number of carbonyl (C=O) groups excluding carboxylic acids is 2. The van der Waals surface area contributed by atoms with Crippen LogP contribution in [0.2, 0.25) is 0 Å². The molecule has 3 rings (SSSR count). The van der Waals surface area contributed by atoms with Crippen molar-refractivity contribution in [3.05, 3.63) is 65.7 Å². The van der Waals surface area contributed by atoms with Crippen LogP contribution >= 0.6 is 0 Å². The molecule has 1 aliphatic rings. The highest BCUT2D eigenvalue weighted by Crippen LogP contribution is 2.34. The summed E-state index contributed by atoms with van der Waals surface area (Å²) in [6.07, 6.45) is -0.0825. The number of benzene rings is 2.